The van der Waals surface area contributed by atoms with Gasteiger partial charge in [0.1, 0.15) is 15.7 Å². The van der Waals surface area contributed by atoms with Crippen molar-refractivity contribution in [1.82, 2.24) is 10.0 Å². The number of aryl methyl sites for hydroxylation is 1. The second-order valence-corrected chi connectivity index (χ2v) is 17.5. The number of methoxy groups -OCH3 is 2. The van der Waals surface area contributed by atoms with Crippen molar-refractivity contribution >= 4 is 39.1 Å². The van der Waals surface area contributed by atoms with Crippen LogP contribution in [0.25, 0.3) is 0 Å². The lowest BCUT2D eigenvalue weighted by molar-refractivity contribution is 0.0131. The summed E-state index contributed by atoms with van der Waals surface area (Å²) in [7, 11) is -0.0663. The van der Waals surface area contributed by atoms with Crippen LogP contribution in [0.2, 0.25) is 5.02 Å². The fourth-order valence-electron chi connectivity index (χ4n) is 8.60. The summed E-state index contributed by atoms with van der Waals surface area (Å²) in [5.41, 5.74) is 3.43. The zero-order chi connectivity index (χ0) is 35.0. The molecule has 5 aliphatic rings. The molecule has 10 nitrogen and oxygen atoms in total. The van der Waals surface area contributed by atoms with Gasteiger partial charge in [0, 0.05) is 49.4 Å². The third kappa shape index (κ3) is 7.29. The number of nitrogens with one attached hydrogen (secondary N) is 2. The van der Waals surface area contributed by atoms with Gasteiger partial charge in [-0.05, 0) is 111 Å². The van der Waals surface area contributed by atoms with E-state index in [9.17, 15) is 13.8 Å². The number of anilines is 1. The topological polar surface area (TPSA) is 119 Å². The number of fused-ring (bicyclic) bond motifs is 4. The average molecular weight is 725 g/mol. The third-order valence-corrected chi connectivity index (χ3v) is 13.8. The van der Waals surface area contributed by atoms with E-state index < -0.39 is 21.9 Å². The number of urea groups is 1. The van der Waals surface area contributed by atoms with Crippen LogP contribution in [-0.2, 0) is 31.2 Å². The molecule has 1 spiro atoms. The first-order chi connectivity index (χ1) is 24.1. The SMILES string of the molecule is COC1CC(NC(=O)NS2(=O)=NC(=O)c3ccc4c(c3)N(C[C@@H]3CC[C@H]3[C@@H](OC)/C=C/C[C@H](C)C2)C[C@@]2(CCCc3cc(Cl)ccc32)CO4)C1. The number of amides is 3. The van der Waals surface area contributed by atoms with Gasteiger partial charge in [0.05, 0.1) is 30.3 Å². The first-order valence-electron chi connectivity index (χ1n) is 18.0. The van der Waals surface area contributed by atoms with Crippen molar-refractivity contribution in [2.75, 3.05) is 44.6 Å². The van der Waals surface area contributed by atoms with Crippen molar-refractivity contribution < 1.29 is 28.0 Å². The number of rotatable bonds is 4. The molecule has 12 heteroatoms. The van der Waals surface area contributed by atoms with E-state index in [2.05, 4.69) is 43.6 Å². The standard InChI is InChI=1S/C38H49ClN4O6S/c1-24-6-4-8-34(48-3)31-12-9-27(31)20-43-22-38(15-5-7-25-16-28(39)11-13-32(25)38)23-49-35-14-10-26(17-33(35)43)36(44)41-50(46,21-24)42-37(45)40-29-18-30(19-29)47-2/h4,8,10-11,13-14,16-17,24,27,29-31,34H,5-7,9,12,15,18-23H2,1-3H3,(H2,40,41,42,44,45,46)/b8-4+/t24-,27-,29?,30?,31+,34-,38-,50?/m0/s1. The van der Waals surface area contributed by atoms with Crippen LogP contribution in [0.1, 0.15) is 73.4 Å². The monoisotopic (exact) mass is 724 g/mol. The van der Waals surface area contributed by atoms with E-state index >= 15 is 0 Å². The van der Waals surface area contributed by atoms with Crippen LogP contribution in [-0.4, -0.2) is 74.1 Å². The second-order valence-electron chi connectivity index (χ2n) is 15.1. The van der Waals surface area contributed by atoms with Crippen LogP contribution in [0.15, 0.2) is 52.9 Å². The average Bonchev–Trinajstić information content (AvgIpc) is 3.20. The second kappa shape index (κ2) is 14.5. The van der Waals surface area contributed by atoms with Gasteiger partial charge in [-0.1, -0.05) is 36.7 Å². The first kappa shape index (κ1) is 35.3. The summed E-state index contributed by atoms with van der Waals surface area (Å²) in [6, 6.07) is 10.9. The number of hydrogen-bond acceptors (Lipinski definition) is 7. The maximum absolute atomic E-state index is 14.4. The summed E-state index contributed by atoms with van der Waals surface area (Å²) in [4.78, 5) is 29.4. The van der Waals surface area contributed by atoms with Gasteiger partial charge < -0.3 is 24.4 Å². The van der Waals surface area contributed by atoms with E-state index in [0.717, 1.165) is 55.9 Å². The molecule has 2 bridgehead atoms. The number of nitrogens with zero attached hydrogens (tertiary/aromatic N) is 2. The largest absolute Gasteiger partial charge is 0.490 e. The molecule has 3 aliphatic carbocycles. The van der Waals surface area contributed by atoms with Gasteiger partial charge in [-0.3, -0.25) is 9.52 Å². The van der Waals surface area contributed by atoms with Gasteiger partial charge in [-0.25, -0.2) is 9.00 Å². The van der Waals surface area contributed by atoms with Crippen molar-refractivity contribution in [3.8, 4) is 5.75 Å². The number of allylic oxidation sites excluding steroid dienone is 1. The minimum atomic E-state index is -3.48. The molecule has 2 aromatic carbocycles. The molecule has 2 aliphatic heterocycles. The van der Waals surface area contributed by atoms with Gasteiger partial charge in [-0.2, -0.15) is 0 Å². The highest BCUT2D eigenvalue weighted by Crippen LogP contribution is 2.47. The lowest BCUT2D eigenvalue weighted by atomic mass is 9.68. The highest BCUT2D eigenvalue weighted by atomic mass is 35.5. The van der Waals surface area contributed by atoms with Crippen molar-refractivity contribution in [2.24, 2.45) is 22.1 Å². The fourth-order valence-corrected chi connectivity index (χ4v) is 10.6. The maximum Gasteiger partial charge on any atom is 0.327 e. The van der Waals surface area contributed by atoms with Gasteiger partial charge in [0.15, 0.2) is 0 Å². The summed E-state index contributed by atoms with van der Waals surface area (Å²) in [5, 5.41) is 3.61. The van der Waals surface area contributed by atoms with Crippen LogP contribution in [0.5, 0.6) is 5.75 Å². The number of carbonyl (C=O) groups is 2. The highest BCUT2D eigenvalue weighted by molar-refractivity contribution is 7.92. The fraction of sp³-hybridized carbons (Fsp3) is 0.579. The van der Waals surface area contributed by atoms with E-state index in [4.69, 9.17) is 25.8 Å². The van der Waals surface area contributed by atoms with Gasteiger partial charge in [0.25, 0.3) is 5.91 Å². The van der Waals surface area contributed by atoms with E-state index in [0.29, 0.717) is 49.0 Å². The molecule has 1 unspecified atom stereocenters. The van der Waals surface area contributed by atoms with Gasteiger partial charge >= 0.3 is 6.03 Å². The Kier molecular flexibility index (Phi) is 10.2. The predicted octanol–water partition coefficient (Wildman–Crippen LogP) is 6.45. The molecule has 2 fully saturated rings. The maximum atomic E-state index is 14.4. The number of halogens is 1. The molecule has 270 valence electrons. The summed E-state index contributed by atoms with van der Waals surface area (Å²) < 4.78 is 39.3. The molecule has 3 amide bonds. The Morgan fingerprint density at radius 3 is 2.74 bits per heavy atom. The van der Waals surface area contributed by atoms with Crippen molar-refractivity contribution in [3.05, 3.63) is 70.3 Å². The lowest BCUT2D eigenvalue weighted by Gasteiger charge is -2.46. The van der Waals surface area contributed by atoms with Crippen molar-refractivity contribution in [2.45, 2.75) is 82.0 Å². The number of benzene rings is 2. The highest BCUT2D eigenvalue weighted by Gasteiger charge is 2.44. The summed E-state index contributed by atoms with van der Waals surface area (Å²) in [6.07, 6.45) is 11.4. The molecule has 50 heavy (non-hydrogen) atoms. The summed E-state index contributed by atoms with van der Waals surface area (Å²) >= 11 is 6.45. The molecule has 6 atom stereocenters. The molecule has 2 N–H and O–H groups in total. The molecule has 2 heterocycles. The Morgan fingerprint density at radius 1 is 1.14 bits per heavy atom. The molecule has 0 radical (unpaired) electrons. The minimum Gasteiger partial charge on any atom is -0.490 e. The minimum absolute atomic E-state index is 0.0255. The normalized spacial score (nSPS) is 34.4. The van der Waals surface area contributed by atoms with Gasteiger partial charge in [-0.15, -0.1) is 4.36 Å². The van der Waals surface area contributed by atoms with Crippen LogP contribution in [0.3, 0.4) is 0 Å². The lowest BCUT2D eigenvalue weighted by Crippen LogP contribution is -2.52. The molecule has 7 rings (SSSR count). The molecular formula is C38H49ClN4O6S. The van der Waals surface area contributed by atoms with E-state index in [1.807, 2.05) is 25.1 Å². The Hall–Kier alpha value is -3.12. The van der Waals surface area contributed by atoms with E-state index in [-0.39, 0.29) is 35.3 Å². The Bertz CT molecular complexity index is 1770. The van der Waals surface area contributed by atoms with Crippen LogP contribution >= 0.6 is 11.6 Å². The molecular weight excluding hydrogens is 676 g/mol. The Morgan fingerprint density at radius 2 is 1.98 bits per heavy atom. The summed E-state index contributed by atoms with van der Waals surface area (Å²) in [6.45, 7) is 3.98. The van der Waals surface area contributed by atoms with Crippen LogP contribution < -0.4 is 19.7 Å². The quantitative estimate of drug-likeness (QED) is 0.348. The van der Waals surface area contributed by atoms with Crippen LogP contribution in [0, 0.1) is 17.8 Å². The zero-order valence-corrected chi connectivity index (χ0v) is 30.8. The van der Waals surface area contributed by atoms with Crippen LogP contribution in [0.4, 0.5) is 10.5 Å². The van der Waals surface area contributed by atoms with Gasteiger partial charge in [0.2, 0.25) is 0 Å². The van der Waals surface area contributed by atoms with Crippen molar-refractivity contribution in [1.29, 1.82) is 0 Å². The first-order valence-corrected chi connectivity index (χ1v) is 20.0. The van der Waals surface area contributed by atoms with E-state index in [1.165, 1.54) is 11.1 Å². The number of carbonyl (C=O) groups excluding carboxylic acids is 2. The molecule has 0 aromatic heterocycles. The van der Waals surface area contributed by atoms with Crippen molar-refractivity contribution in [3.63, 3.8) is 0 Å². The molecule has 2 aromatic rings. The molecule has 2 saturated carbocycles. The predicted molar refractivity (Wildman–Crippen MR) is 195 cm³/mol. The van der Waals surface area contributed by atoms with E-state index in [1.54, 1.807) is 20.3 Å². The summed E-state index contributed by atoms with van der Waals surface area (Å²) in [5.74, 6) is 0.721. The third-order valence-electron chi connectivity index (χ3n) is 11.5. The zero-order valence-electron chi connectivity index (χ0n) is 29.2. The molecule has 0 saturated heterocycles. The Balaban J connectivity index is 1.26. The number of ether oxygens (including phenoxy) is 3. The smallest absolute Gasteiger partial charge is 0.327 e. The number of hydrogen-bond donors (Lipinski definition) is 2. The Labute approximate surface area is 300 Å².